The number of alkyl halides is 1. The molecule has 1 heterocycles. The lowest BCUT2D eigenvalue weighted by atomic mass is 10.1. The van der Waals surface area contributed by atoms with Gasteiger partial charge in [0, 0.05) is 11.5 Å². The fourth-order valence-corrected chi connectivity index (χ4v) is 2.12. The number of aryl methyl sites for hydroxylation is 1. The number of aromatic nitrogens is 2. The van der Waals surface area contributed by atoms with Crippen molar-refractivity contribution in [2.75, 3.05) is 0 Å². The van der Waals surface area contributed by atoms with Crippen LogP contribution >= 0.6 is 31.9 Å². The molecule has 0 aliphatic heterocycles. The Hall–Kier alpha value is -0.610. The topological polar surface area (TPSA) is 17.8 Å². The normalized spacial score (nSPS) is 10.6. The Labute approximate surface area is 106 Å². The molecule has 0 aliphatic carbocycles. The summed E-state index contributed by atoms with van der Waals surface area (Å²) in [6.07, 6.45) is 3.74. The number of nitrogens with zero attached hydrogens (tertiary/aromatic N) is 2. The van der Waals surface area contributed by atoms with Crippen LogP contribution in [0.4, 0.5) is 0 Å². The first-order valence-corrected chi connectivity index (χ1v) is 6.48. The van der Waals surface area contributed by atoms with Crippen molar-refractivity contribution in [3.63, 3.8) is 0 Å². The van der Waals surface area contributed by atoms with Gasteiger partial charge in [0.25, 0.3) is 0 Å². The van der Waals surface area contributed by atoms with Crippen molar-refractivity contribution in [3.8, 4) is 5.69 Å². The highest BCUT2D eigenvalue weighted by atomic mass is 79.9. The van der Waals surface area contributed by atoms with Crippen molar-refractivity contribution in [3.05, 3.63) is 46.2 Å². The summed E-state index contributed by atoms with van der Waals surface area (Å²) in [6, 6.07) is 6.36. The number of benzene rings is 1. The molecule has 0 unspecified atom stereocenters. The molecule has 0 atom stereocenters. The minimum Gasteiger partial charge on any atom is -0.240 e. The van der Waals surface area contributed by atoms with E-state index in [0.29, 0.717) is 0 Å². The summed E-state index contributed by atoms with van der Waals surface area (Å²) in [4.78, 5) is 0. The van der Waals surface area contributed by atoms with E-state index in [1.807, 2.05) is 10.9 Å². The summed E-state index contributed by atoms with van der Waals surface area (Å²) in [6.45, 7) is 2.09. The van der Waals surface area contributed by atoms with Gasteiger partial charge in [-0.25, -0.2) is 4.68 Å². The Bertz CT molecular complexity index is 477. The Morgan fingerprint density at radius 2 is 2.20 bits per heavy atom. The van der Waals surface area contributed by atoms with E-state index in [1.54, 1.807) is 6.20 Å². The Morgan fingerprint density at radius 3 is 2.73 bits per heavy atom. The van der Waals surface area contributed by atoms with E-state index in [4.69, 9.17) is 0 Å². The van der Waals surface area contributed by atoms with Crippen LogP contribution in [0.15, 0.2) is 35.1 Å². The predicted molar refractivity (Wildman–Crippen MR) is 68.6 cm³/mol. The maximum absolute atomic E-state index is 4.26. The number of rotatable bonds is 2. The second kappa shape index (κ2) is 4.49. The third kappa shape index (κ3) is 2.32. The monoisotopic (exact) mass is 328 g/mol. The van der Waals surface area contributed by atoms with Crippen molar-refractivity contribution in [1.82, 2.24) is 9.78 Å². The van der Waals surface area contributed by atoms with E-state index in [0.717, 1.165) is 15.5 Å². The molecule has 0 fully saturated rings. The summed E-state index contributed by atoms with van der Waals surface area (Å²) < 4.78 is 2.86. The quantitative estimate of drug-likeness (QED) is 0.765. The fourth-order valence-electron chi connectivity index (χ4n) is 1.49. The SMILES string of the molecule is Cc1cc(CBr)ccc1-n1cc(Br)cn1. The lowest BCUT2D eigenvalue weighted by molar-refractivity contribution is 0.872. The Morgan fingerprint density at radius 1 is 1.40 bits per heavy atom. The molecule has 2 rings (SSSR count). The van der Waals surface area contributed by atoms with Crippen LogP contribution in [0.25, 0.3) is 5.69 Å². The average molecular weight is 330 g/mol. The van der Waals surface area contributed by atoms with Gasteiger partial charge < -0.3 is 0 Å². The van der Waals surface area contributed by atoms with E-state index >= 15 is 0 Å². The first kappa shape index (κ1) is 10.9. The molecule has 2 aromatic rings. The highest BCUT2D eigenvalue weighted by Crippen LogP contribution is 2.18. The molecule has 0 aliphatic rings. The molecule has 0 saturated heterocycles. The third-order valence-corrected chi connectivity index (χ3v) is 3.27. The minimum atomic E-state index is 0.886. The fraction of sp³-hybridized carbons (Fsp3) is 0.182. The maximum Gasteiger partial charge on any atom is 0.0675 e. The van der Waals surface area contributed by atoms with Crippen molar-refractivity contribution in [2.45, 2.75) is 12.3 Å². The molecule has 4 heteroatoms. The largest absolute Gasteiger partial charge is 0.240 e. The van der Waals surface area contributed by atoms with Gasteiger partial charge in [-0.2, -0.15) is 5.10 Å². The standard InChI is InChI=1S/C11H10Br2N2/c1-8-4-9(5-12)2-3-11(8)15-7-10(13)6-14-15/h2-4,6-7H,5H2,1H3. The molecule has 1 aromatic carbocycles. The van der Waals surface area contributed by atoms with E-state index in [1.165, 1.54) is 11.1 Å². The van der Waals surface area contributed by atoms with Gasteiger partial charge in [-0.1, -0.05) is 28.1 Å². The van der Waals surface area contributed by atoms with Gasteiger partial charge in [0.1, 0.15) is 0 Å². The molecule has 0 N–H and O–H groups in total. The zero-order valence-corrected chi connectivity index (χ0v) is 11.4. The van der Waals surface area contributed by atoms with Crippen molar-refractivity contribution < 1.29 is 0 Å². The maximum atomic E-state index is 4.26. The van der Waals surface area contributed by atoms with Crippen LogP contribution in [0.1, 0.15) is 11.1 Å². The van der Waals surface area contributed by atoms with Crippen LogP contribution in [-0.4, -0.2) is 9.78 Å². The van der Waals surface area contributed by atoms with Crippen LogP contribution < -0.4 is 0 Å². The Balaban J connectivity index is 2.45. The first-order chi connectivity index (χ1) is 7.20. The first-order valence-electron chi connectivity index (χ1n) is 4.57. The molecule has 0 radical (unpaired) electrons. The van der Waals surface area contributed by atoms with Crippen molar-refractivity contribution in [2.24, 2.45) is 0 Å². The summed E-state index contributed by atoms with van der Waals surface area (Å²) >= 11 is 6.84. The van der Waals surface area contributed by atoms with Crippen molar-refractivity contribution >= 4 is 31.9 Å². The zero-order valence-electron chi connectivity index (χ0n) is 8.24. The molecule has 1 aromatic heterocycles. The van der Waals surface area contributed by atoms with E-state index in [2.05, 4.69) is 62.1 Å². The lowest BCUT2D eigenvalue weighted by Gasteiger charge is -2.06. The molecule has 0 bridgehead atoms. The molecule has 0 saturated carbocycles. The zero-order chi connectivity index (χ0) is 10.8. The average Bonchev–Trinajstić information content (AvgIpc) is 2.64. The van der Waals surface area contributed by atoms with Gasteiger partial charge in [-0.05, 0) is 40.0 Å². The summed E-state index contributed by atoms with van der Waals surface area (Å²) in [7, 11) is 0. The molecule has 0 amide bonds. The van der Waals surface area contributed by atoms with Gasteiger partial charge in [-0.3, -0.25) is 0 Å². The highest BCUT2D eigenvalue weighted by Gasteiger charge is 2.03. The van der Waals surface area contributed by atoms with Gasteiger partial charge in [0.05, 0.1) is 16.4 Å². The number of hydrogen-bond acceptors (Lipinski definition) is 1. The smallest absolute Gasteiger partial charge is 0.0675 e. The molecule has 2 nitrogen and oxygen atoms in total. The number of hydrogen-bond donors (Lipinski definition) is 0. The molecular formula is C11H10Br2N2. The van der Waals surface area contributed by atoms with E-state index < -0.39 is 0 Å². The molecular weight excluding hydrogens is 320 g/mol. The molecule has 0 spiro atoms. The van der Waals surface area contributed by atoms with Gasteiger partial charge in [0.15, 0.2) is 0 Å². The lowest BCUT2D eigenvalue weighted by Crippen LogP contribution is -1.97. The van der Waals surface area contributed by atoms with Crippen LogP contribution in [0, 0.1) is 6.92 Å². The third-order valence-electron chi connectivity index (χ3n) is 2.21. The van der Waals surface area contributed by atoms with Crippen LogP contribution in [0.3, 0.4) is 0 Å². The second-order valence-corrected chi connectivity index (χ2v) is 4.83. The summed E-state index contributed by atoms with van der Waals surface area (Å²) in [5.41, 5.74) is 3.62. The van der Waals surface area contributed by atoms with Gasteiger partial charge >= 0.3 is 0 Å². The van der Waals surface area contributed by atoms with Gasteiger partial charge in [-0.15, -0.1) is 0 Å². The predicted octanol–water partition coefficient (Wildman–Crippen LogP) is 3.84. The van der Waals surface area contributed by atoms with Crippen LogP contribution in [0.2, 0.25) is 0 Å². The molecule has 78 valence electrons. The summed E-state index contributed by atoms with van der Waals surface area (Å²) in [5.74, 6) is 0. The van der Waals surface area contributed by atoms with Crippen LogP contribution in [-0.2, 0) is 5.33 Å². The second-order valence-electron chi connectivity index (χ2n) is 3.36. The van der Waals surface area contributed by atoms with Crippen molar-refractivity contribution in [1.29, 1.82) is 0 Å². The summed E-state index contributed by atoms with van der Waals surface area (Å²) in [5, 5.41) is 5.15. The Kier molecular flexibility index (Phi) is 3.26. The van der Waals surface area contributed by atoms with E-state index in [9.17, 15) is 0 Å². The minimum absolute atomic E-state index is 0.886. The van der Waals surface area contributed by atoms with E-state index in [-0.39, 0.29) is 0 Å². The highest BCUT2D eigenvalue weighted by molar-refractivity contribution is 9.10. The van der Waals surface area contributed by atoms with Gasteiger partial charge in [0.2, 0.25) is 0 Å². The molecule has 15 heavy (non-hydrogen) atoms. The van der Waals surface area contributed by atoms with Crippen LogP contribution in [0.5, 0.6) is 0 Å². The number of halogens is 2.